The van der Waals surface area contributed by atoms with Crippen LogP contribution in [0.2, 0.25) is 0 Å². The van der Waals surface area contributed by atoms with Crippen LogP contribution in [0, 0.1) is 6.92 Å². The lowest BCUT2D eigenvalue weighted by Crippen LogP contribution is -2.07. The van der Waals surface area contributed by atoms with E-state index in [1.807, 2.05) is 25.5 Å². The molecule has 0 spiro atoms. The molecule has 3 nitrogen and oxygen atoms in total. The summed E-state index contributed by atoms with van der Waals surface area (Å²) in [7, 11) is 2.01. The van der Waals surface area contributed by atoms with Gasteiger partial charge in [0.05, 0.1) is 12.0 Å². The smallest absolute Gasteiger partial charge is 0.0953 e. The standard InChI is InChI=1S/C13H17N3/c1-10-5-3-4-6-11(10)13-12(7-8-14)16(2)9-15-13/h3-6,9H,7-8,14H2,1-2H3. The van der Waals surface area contributed by atoms with Gasteiger partial charge in [0.1, 0.15) is 0 Å². The van der Waals surface area contributed by atoms with Gasteiger partial charge in [-0.25, -0.2) is 4.98 Å². The molecule has 16 heavy (non-hydrogen) atoms. The Kier molecular flexibility index (Phi) is 3.06. The van der Waals surface area contributed by atoms with Crippen LogP contribution in [-0.2, 0) is 13.5 Å². The molecule has 2 N–H and O–H groups in total. The van der Waals surface area contributed by atoms with E-state index in [1.165, 1.54) is 16.8 Å². The van der Waals surface area contributed by atoms with Crippen molar-refractivity contribution in [2.24, 2.45) is 12.8 Å². The van der Waals surface area contributed by atoms with Gasteiger partial charge in [-0.2, -0.15) is 0 Å². The van der Waals surface area contributed by atoms with E-state index < -0.39 is 0 Å². The van der Waals surface area contributed by atoms with E-state index in [0.717, 1.165) is 12.1 Å². The molecular formula is C13H17N3. The third kappa shape index (κ3) is 1.86. The van der Waals surface area contributed by atoms with Crippen molar-refractivity contribution in [2.75, 3.05) is 6.54 Å². The number of benzene rings is 1. The maximum atomic E-state index is 5.63. The summed E-state index contributed by atoms with van der Waals surface area (Å²) in [5.74, 6) is 0. The molecular weight excluding hydrogens is 198 g/mol. The average molecular weight is 215 g/mol. The maximum absolute atomic E-state index is 5.63. The van der Waals surface area contributed by atoms with E-state index >= 15 is 0 Å². The highest BCUT2D eigenvalue weighted by atomic mass is 15.0. The highest BCUT2D eigenvalue weighted by molar-refractivity contribution is 5.65. The monoisotopic (exact) mass is 215 g/mol. The topological polar surface area (TPSA) is 43.8 Å². The maximum Gasteiger partial charge on any atom is 0.0953 e. The first-order valence-corrected chi connectivity index (χ1v) is 5.50. The minimum Gasteiger partial charge on any atom is -0.337 e. The van der Waals surface area contributed by atoms with Crippen molar-refractivity contribution >= 4 is 0 Å². The summed E-state index contributed by atoms with van der Waals surface area (Å²) in [6, 6.07) is 8.31. The molecule has 3 heteroatoms. The predicted octanol–water partition coefficient (Wildman–Crippen LogP) is 1.90. The van der Waals surface area contributed by atoms with Gasteiger partial charge in [0.2, 0.25) is 0 Å². The van der Waals surface area contributed by atoms with E-state index in [4.69, 9.17) is 5.73 Å². The van der Waals surface area contributed by atoms with Gasteiger partial charge >= 0.3 is 0 Å². The molecule has 0 unspecified atom stereocenters. The van der Waals surface area contributed by atoms with Crippen LogP contribution >= 0.6 is 0 Å². The highest BCUT2D eigenvalue weighted by Gasteiger charge is 2.11. The number of hydrogen-bond acceptors (Lipinski definition) is 2. The quantitative estimate of drug-likeness (QED) is 0.849. The lowest BCUT2D eigenvalue weighted by atomic mass is 10.0. The molecule has 1 heterocycles. The van der Waals surface area contributed by atoms with Crippen LogP contribution in [0.25, 0.3) is 11.3 Å². The predicted molar refractivity (Wildman–Crippen MR) is 66.1 cm³/mol. The first-order valence-electron chi connectivity index (χ1n) is 5.50. The van der Waals surface area contributed by atoms with Crippen molar-refractivity contribution in [3.8, 4) is 11.3 Å². The molecule has 2 rings (SSSR count). The van der Waals surface area contributed by atoms with Crippen LogP contribution < -0.4 is 5.73 Å². The number of nitrogens with two attached hydrogens (primary N) is 1. The second-order valence-electron chi connectivity index (χ2n) is 4.00. The minimum absolute atomic E-state index is 0.651. The molecule has 0 atom stereocenters. The number of nitrogens with zero attached hydrogens (tertiary/aromatic N) is 2. The highest BCUT2D eigenvalue weighted by Crippen LogP contribution is 2.24. The third-order valence-electron chi connectivity index (χ3n) is 2.84. The summed E-state index contributed by atoms with van der Waals surface area (Å²) >= 11 is 0. The molecule has 84 valence electrons. The fraction of sp³-hybridized carbons (Fsp3) is 0.308. The number of aryl methyl sites for hydroxylation is 2. The van der Waals surface area contributed by atoms with Gasteiger partial charge in [-0.05, 0) is 19.0 Å². The lowest BCUT2D eigenvalue weighted by Gasteiger charge is -2.07. The van der Waals surface area contributed by atoms with Crippen LogP contribution in [0.15, 0.2) is 30.6 Å². The Bertz CT molecular complexity index is 486. The fourth-order valence-electron chi connectivity index (χ4n) is 1.95. The molecule has 0 radical (unpaired) electrons. The SMILES string of the molecule is Cc1ccccc1-c1ncn(C)c1CCN. The molecule has 0 saturated carbocycles. The van der Waals surface area contributed by atoms with Gasteiger partial charge in [0, 0.05) is 24.7 Å². The van der Waals surface area contributed by atoms with Gasteiger partial charge in [-0.15, -0.1) is 0 Å². The first kappa shape index (κ1) is 10.9. The largest absolute Gasteiger partial charge is 0.337 e. The number of aromatic nitrogens is 2. The van der Waals surface area contributed by atoms with Crippen molar-refractivity contribution in [1.82, 2.24) is 9.55 Å². The number of imidazole rings is 1. The Morgan fingerprint density at radius 3 is 2.75 bits per heavy atom. The zero-order valence-corrected chi connectivity index (χ0v) is 9.77. The van der Waals surface area contributed by atoms with Crippen LogP contribution in [0.5, 0.6) is 0 Å². The second-order valence-corrected chi connectivity index (χ2v) is 4.00. The van der Waals surface area contributed by atoms with Gasteiger partial charge in [0.15, 0.2) is 0 Å². The zero-order valence-electron chi connectivity index (χ0n) is 9.77. The molecule has 1 aromatic heterocycles. The Morgan fingerprint density at radius 2 is 2.06 bits per heavy atom. The van der Waals surface area contributed by atoms with E-state index in [1.54, 1.807) is 0 Å². The average Bonchev–Trinajstić information content (AvgIpc) is 2.62. The summed E-state index contributed by atoms with van der Waals surface area (Å²) in [4.78, 5) is 4.47. The summed E-state index contributed by atoms with van der Waals surface area (Å²) in [6.07, 6.45) is 2.72. The molecule has 0 aliphatic rings. The summed E-state index contributed by atoms with van der Waals surface area (Å²) in [6.45, 7) is 2.76. The van der Waals surface area contributed by atoms with E-state index in [9.17, 15) is 0 Å². The van der Waals surface area contributed by atoms with E-state index in [-0.39, 0.29) is 0 Å². The first-order chi connectivity index (χ1) is 7.74. The zero-order chi connectivity index (χ0) is 11.5. The second kappa shape index (κ2) is 4.49. The molecule has 0 aliphatic carbocycles. The molecule has 0 amide bonds. The Balaban J connectivity index is 2.52. The summed E-state index contributed by atoms with van der Waals surface area (Å²) < 4.78 is 2.05. The van der Waals surface area contributed by atoms with Gasteiger partial charge in [0.25, 0.3) is 0 Å². The van der Waals surface area contributed by atoms with Crippen molar-refractivity contribution in [3.63, 3.8) is 0 Å². The molecule has 0 fully saturated rings. The molecule has 0 bridgehead atoms. The van der Waals surface area contributed by atoms with Crippen molar-refractivity contribution in [1.29, 1.82) is 0 Å². The minimum atomic E-state index is 0.651. The Morgan fingerprint density at radius 1 is 1.31 bits per heavy atom. The molecule has 2 aromatic rings. The summed E-state index contributed by atoms with van der Waals surface area (Å²) in [5.41, 5.74) is 10.3. The van der Waals surface area contributed by atoms with E-state index in [0.29, 0.717) is 6.54 Å². The number of rotatable bonds is 3. The molecule has 0 saturated heterocycles. The Hall–Kier alpha value is -1.61. The van der Waals surface area contributed by atoms with Crippen LogP contribution in [0.1, 0.15) is 11.3 Å². The van der Waals surface area contributed by atoms with Crippen molar-refractivity contribution in [3.05, 3.63) is 41.9 Å². The van der Waals surface area contributed by atoms with Crippen LogP contribution in [0.3, 0.4) is 0 Å². The van der Waals surface area contributed by atoms with Crippen molar-refractivity contribution < 1.29 is 0 Å². The fourth-order valence-corrected chi connectivity index (χ4v) is 1.95. The number of hydrogen-bond donors (Lipinski definition) is 1. The third-order valence-corrected chi connectivity index (χ3v) is 2.84. The van der Waals surface area contributed by atoms with Crippen LogP contribution in [0.4, 0.5) is 0 Å². The van der Waals surface area contributed by atoms with E-state index in [2.05, 4.69) is 28.6 Å². The van der Waals surface area contributed by atoms with Crippen LogP contribution in [-0.4, -0.2) is 16.1 Å². The lowest BCUT2D eigenvalue weighted by molar-refractivity contribution is 0.805. The van der Waals surface area contributed by atoms with Gasteiger partial charge in [-0.3, -0.25) is 0 Å². The van der Waals surface area contributed by atoms with Gasteiger partial charge < -0.3 is 10.3 Å². The van der Waals surface area contributed by atoms with Gasteiger partial charge in [-0.1, -0.05) is 24.3 Å². The van der Waals surface area contributed by atoms with Crippen molar-refractivity contribution in [2.45, 2.75) is 13.3 Å². The normalized spacial score (nSPS) is 10.7. The molecule has 1 aromatic carbocycles. The summed E-state index contributed by atoms with van der Waals surface area (Å²) in [5, 5.41) is 0. The Labute approximate surface area is 95.9 Å². The molecule has 0 aliphatic heterocycles.